The van der Waals surface area contributed by atoms with Crippen LogP contribution in [0.25, 0.3) is 0 Å². The van der Waals surface area contributed by atoms with Gasteiger partial charge < -0.3 is 11.1 Å². The molecule has 0 amide bonds. The summed E-state index contributed by atoms with van der Waals surface area (Å²) in [5, 5.41) is 3.45. The van der Waals surface area contributed by atoms with Gasteiger partial charge >= 0.3 is 0 Å². The minimum atomic E-state index is 0.347. The van der Waals surface area contributed by atoms with Crippen LogP contribution >= 0.6 is 12.2 Å². The highest BCUT2D eigenvalue weighted by Crippen LogP contribution is 2.37. The minimum absolute atomic E-state index is 0.347. The molecule has 17 heavy (non-hydrogen) atoms. The van der Waals surface area contributed by atoms with Gasteiger partial charge in [-0.1, -0.05) is 32.0 Å². The fraction of sp³-hybridized carbons (Fsp3) is 0.538. The number of aromatic nitrogens is 1. The van der Waals surface area contributed by atoms with Crippen LogP contribution in [-0.2, 0) is 0 Å². The quantitative estimate of drug-likeness (QED) is 0.806. The van der Waals surface area contributed by atoms with E-state index < -0.39 is 0 Å². The Labute approximate surface area is 108 Å². The van der Waals surface area contributed by atoms with Crippen LogP contribution in [0.5, 0.6) is 0 Å². The van der Waals surface area contributed by atoms with Crippen LogP contribution < -0.4 is 11.1 Å². The van der Waals surface area contributed by atoms with Crippen molar-refractivity contribution < 1.29 is 0 Å². The molecule has 1 heterocycles. The SMILES string of the molecule is CC1(CNc2ccc(C(N)=S)nc2)CCCC1. The topological polar surface area (TPSA) is 50.9 Å². The summed E-state index contributed by atoms with van der Waals surface area (Å²) in [5.74, 6) is 0. The first-order chi connectivity index (χ1) is 8.09. The van der Waals surface area contributed by atoms with Gasteiger partial charge in [0.25, 0.3) is 0 Å². The zero-order valence-corrected chi connectivity index (χ0v) is 11.0. The molecule has 1 aliphatic carbocycles. The highest BCUT2D eigenvalue weighted by molar-refractivity contribution is 7.80. The van der Waals surface area contributed by atoms with Crippen LogP contribution in [0.15, 0.2) is 18.3 Å². The second kappa shape index (κ2) is 5.00. The molecule has 3 nitrogen and oxygen atoms in total. The van der Waals surface area contributed by atoms with Crippen molar-refractivity contribution in [3.05, 3.63) is 24.0 Å². The molecular formula is C13H19N3S. The summed E-state index contributed by atoms with van der Waals surface area (Å²) in [6.07, 6.45) is 7.15. The smallest absolute Gasteiger partial charge is 0.122 e. The molecule has 0 spiro atoms. The lowest BCUT2D eigenvalue weighted by atomic mass is 9.89. The average Bonchev–Trinajstić information content (AvgIpc) is 2.75. The maximum atomic E-state index is 5.51. The molecule has 3 N–H and O–H groups in total. The maximum Gasteiger partial charge on any atom is 0.122 e. The van der Waals surface area contributed by atoms with E-state index in [2.05, 4.69) is 17.2 Å². The molecule has 0 aliphatic heterocycles. The fourth-order valence-corrected chi connectivity index (χ4v) is 2.49. The van der Waals surface area contributed by atoms with Crippen molar-refractivity contribution in [2.24, 2.45) is 11.1 Å². The van der Waals surface area contributed by atoms with Crippen LogP contribution in [0.3, 0.4) is 0 Å². The number of hydrogen-bond acceptors (Lipinski definition) is 3. The summed E-state index contributed by atoms with van der Waals surface area (Å²) in [4.78, 5) is 4.56. The van der Waals surface area contributed by atoms with Crippen LogP contribution in [0.1, 0.15) is 38.3 Å². The lowest BCUT2D eigenvalue weighted by molar-refractivity contribution is 0.362. The van der Waals surface area contributed by atoms with Crippen molar-refractivity contribution in [2.75, 3.05) is 11.9 Å². The Morgan fingerprint density at radius 2 is 2.18 bits per heavy atom. The van der Waals surface area contributed by atoms with Crippen molar-refractivity contribution in [2.45, 2.75) is 32.6 Å². The third-order valence-electron chi connectivity index (χ3n) is 3.55. The highest BCUT2D eigenvalue weighted by atomic mass is 32.1. The van der Waals surface area contributed by atoms with Crippen LogP contribution in [0.2, 0.25) is 0 Å². The molecule has 0 atom stereocenters. The van der Waals surface area contributed by atoms with E-state index in [-0.39, 0.29) is 0 Å². The number of pyridine rings is 1. The van der Waals surface area contributed by atoms with Gasteiger partial charge in [-0.2, -0.15) is 0 Å². The number of nitrogens with two attached hydrogens (primary N) is 1. The normalized spacial score (nSPS) is 17.9. The average molecular weight is 249 g/mol. The van der Waals surface area contributed by atoms with Gasteiger partial charge in [0.15, 0.2) is 0 Å². The van der Waals surface area contributed by atoms with E-state index in [9.17, 15) is 0 Å². The van der Waals surface area contributed by atoms with Crippen LogP contribution in [0.4, 0.5) is 5.69 Å². The summed E-state index contributed by atoms with van der Waals surface area (Å²) in [5.41, 5.74) is 7.67. The maximum absolute atomic E-state index is 5.51. The molecule has 2 rings (SSSR count). The van der Waals surface area contributed by atoms with E-state index in [4.69, 9.17) is 18.0 Å². The summed E-state index contributed by atoms with van der Waals surface area (Å²) >= 11 is 4.87. The molecule has 1 aromatic heterocycles. The van der Waals surface area contributed by atoms with Gasteiger partial charge in [-0.3, -0.25) is 4.98 Å². The molecule has 0 saturated heterocycles. The third-order valence-corrected chi connectivity index (χ3v) is 3.76. The molecule has 92 valence electrons. The van der Waals surface area contributed by atoms with E-state index in [1.807, 2.05) is 12.1 Å². The van der Waals surface area contributed by atoms with Gasteiger partial charge in [-0.15, -0.1) is 0 Å². The lowest BCUT2D eigenvalue weighted by Crippen LogP contribution is -2.23. The molecule has 0 unspecified atom stereocenters. The zero-order chi connectivity index (χ0) is 12.3. The van der Waals surface area contributed by atoms with Crippen molar-refractivity contribution in [3.8, 4) is 0 Å². The molecule has 0 radical (unpaired) electrons. The summed E-state index contributed by atoms with van der Waals surface area (Å²) in [7, 11) is 0. The van der Waals surface area contributed by atoms with Crippen molar-refractivity contribution in [1.82, 2.24) is 4.98 Å². The molecular weight excluding hydrogens is 230 g/mol. The minimum Gasteiger partial charge on any atom is -0.388 e. The van der Waals surface area contributed by atoms with Gasteiger partial charge in [0, 0.05) is 6.54 Å². The largest absolute Gasteiger partial charge is 0.388 e. The van der Waals surface area contributed by atoms with Crippen LogP contribution in [-0.4, -0.2) is 16.5 Å². The Balaban J connectivity index is 1.93. The first-order valence-electron chi connectivity index (χ1n) is 6.09. The number of thiocarbonyl (C=S) groups is 1. The van der Waals surface area contributed by atoms with Gasteiger partial charge in [0.1, 0.15) is 4.99 Å². The summed E-state index contributed by atoms with van der Waals surface area (Å²) in [6, 6.07) is 3.85. The predicted molar refractivity (Wildman–Crippen MR) is 75.2 cm³/mol. The molecule has 0 aromatic carbocycles. The molecule has 1 aromatic rings. The Morgan fingerprint density at radius 3 is 2.71 bits per heavy atom. The Bertz CT molecular complexity index is 394. The Kier molecular flexibility index (Phi) is 3.62. The number of rotatable bonds is 4. The number of anilines is 1. The Hall–Kier alpha value is -1.16. The van der Waals surface area contributed by atoms with Crippen molar-refractivity contribution >= 4 is 22.9 Å². The molecule has 1 fully saturated rings. The lowest BCUT2D eigenvalue weighted by Gasteiger charge is -2.24. The summed E-state index contributed by atoms with van der Waals surface area (Å²) in [6.45, 7) is 3.37. The van der Waals surface area contributed by atoms with E-state index in [1.165, 1.54) is 25.7 Å². The molecule has 4 heteroatoms. The number of hydrogen-bond donors (Lipinski definition) is 2. The van der Waals surface area contributed by atoms with E-state index >= 15 is 0 Å². The van der Waals surface area contributed by atoms with Gasteiger partial charge in [0.05, 0.1) is 17.6 Å². The highest BCUT2D eigenvalue weighted by Gasteiger charge is 2.28. The van der Waals surface area contributed by atoms with Gasteiger partial charge in [-0.05, 0) is 30.4 Å². The van der Waals surface area contributed by atoms with E-state index in [0.29, 0.717) is 16.1 Å². The van der Waals surface area contributed by atoms with Gasteiger partial charge in [0.2, 0.25) is 0 Å². The van der Waals surface area contributed by atoms with Crippen LogP contribution in [0, 0.1) is 5.41 Å². The third kappa shape index (κ3) is 3.16. The van der Waals surface area contributed by atoms with Crippen molar-refractivity contribution in [3.63, 3.8) is 0 Å². The molecule has 1 saturated carbocycles. The number of nitrogens with one attached hydrogen (secondary N) is 1. The number of nitrogens with zero attached hydrogens (tertiary/aromatic N) is 1. The first kappa shape index (κ1) is 12.3. The first-order valence-corrected chi connectivity index (χ1v) is 6.50. The van der Waals surface area contributed by atoms with Crippen molar-refractivity contribution in [1.29, 1.82) is 0 Å². The van der Waals surface area contributed by atoms with Gasteiger partial charge in [-0.25, -0.2) is 0 Å². The van der Waals surface area contributed by atoms with E-state index in [1.54, 1.807) is 6.20 Å². The monoisotopic (exact) mass is 249 g/mol. The molecule has 1 aliphatic rings. The molecule has 0 bridgehead atoms. The summed E-state index contributed by atoms with van der Waals surface area (Å²) < 4.78 is 0. The Morgan fingerprint density at radius 1 is 1.47 bits per heavy atom. The predicted octanol–water partition coefficient (Wildman–Crippen LogP) is 2.71. The van der Waals surface area contributed by atoms with E-state index in [0.717, 1.165) is 12.2 Å². The zero-order valence-electron chi connectivity index (χ0n) is 10.2. The second-order valence-electron chi connectivity index (χ2n) is 5.17. The standard InChI is InChI=1S/C13H19N3S/c1-13(6-2-3-7-13)9-16-10-4-5-11(12(14)17)15-8-10/h4-5,8,16H,2-3,6-7,9H2,1H3,(H2,14,17). The second-order valence-corrected chi connectivity index (χ2v) is 5.61. The fourth-order valence-electron chi connectivity index (χ4n) is 2.36.